The molecule has 2 atom stereocenters. The summed E-state index contributed by atoms with van der Waals surface area (Å²) in [7, 11) is -4.79. The van der Waals surface area contributed by atoms with Crippen LogP contribution in [0.5, 0.6) is 0 Å². The molecule has 20 heavy (non-hydrogen) atoms. The third kappa shape index (κ3) is 8.30. The van der Waals surface area contributed by atoms with Gasteiger partial charge in [-0.25, -0.2) is 0 Å². The molecule has 2 aromatic rings. The van der Waals surface area contributed by atoms with Gasteiger partial charge < -0.3 is 9.79 Å². The molecule has 7 heteroatoms. The van der Waals surface area contributed by atoms with E-state index in [-0.39, 0.29) is 0 Å². The first-order valence-corrected chi connectivity index (χ1v) is 9.09. The van der Waals surface area contributed by atoms with Crippen LogP contribution >= 0.6 is 16.1 Å². The van der Waals surface area contributed by atoms with Crippen LogP contribution in [0.25, 0.3) is 0 Å². The summed E-state index contributed by atoms with van der Waals surface area (Å²) in [5.41, 5.74) is 0. The van der Waals surface area contributed by atoms with Crippen molar-refractivity contribution in [3.8, 4) is 0 Å². The first-order chi connectivity index (χ1) is 9.61. The normalized spacial score (nSPS) is 10.2. The third-order valence-electron chi connectivity index (χ3n) is 1.93. The first kappa shape index (κ1) is 19.1. The van der Waals surface area contributed by atoms with Gasteiger partial charge in [0.05, 0.1) is 0 Å². The van der Waals surface area contributed by atoms with Crippen LogP contribution in [-0.2, 0) is 9.13 Å². The molecule has 0 N–H and O–H groups in total. The average molecular weight is 322 g/mol. The van der Waals surface area contributed by atoms with Crippen molar-refractivity contribution in [2.45, 2.75) is 5.79 Å². The Balaban J connectivity index is 0.000000321. The molecule has 0 amide bonds. The van der Waals surface area contributed by atoms with E-state index >= 15 is 0 Å². The Labute approximate surface area is 128 Å². The third-order valence-corrected chi connectivity index (χ3v) is 3.37. The second kappa shape index (κ2) is 11.9. The van der Waals surface area contributed by atoms with E-state index in [9.17, 15) is 18.9 Å². The van der Waals surface area contributed by atoms with Gasteiger partial charge in [-0.05, 0) is 24.3 Å². The van der Waals surface area contributed by atoms with Crippen LogP contribution in [0.2, 0.25) is 5.79 Å². The molecule has 0 radical (unpaired) electrons. The maximum atomic E-state index is 10.2. The SMILES string of the molecule is O=[P+]([O-])c1ccccc1.O=[P+]([O-])c1ccccc1.[CH3][Al+2]. The standard InChI is InChI=1S/2C6H5O2P.CH3.Al/c2*7-9(8)6-4-2-1-3-5-6;;/h2*1-5H;1H3;/q;;;+2. The van der Waals surface area contributed by atoms with Crippen LogP contribution in [0.3, 0.4) is 0 Å². The molecule has 0 saturated carbocycles. The Morgan fingerprint density at radius 3 is 1.10 bits per heavy atom. The monoisotopic (exact) mass is 322 g/mol. The predicted molar refractivity (Wildman–Crippen MR) is 79.0 cm³/mol. The summed E-state index contributed by atoms with van der Waals surface area (Å²) in [6, 6.07) is 16.6. The van der Waals surface area contributed by atoms with Crippen LogP contribution in [0.15, 0.2) is 60.7 Å². The topological polar surface area (TPSA) is 80.3 Å². The summed E-state index contributed by atoms with van der Waals surface area (Å²) < 4.78 is 20.5. The van der Waals surface area contributed by atoms with Gasteiger partial charge in [0.2, 0.25) is 0 Å². The molecule has 2 aromatic carbocycles. The van der Waals surface area contributed by atoms with Crippen molar-refractivity contribution in [3.05, 3.63) is 60.7 Å². The van der Waals surface area contributed by atoms with Crippen molar-refractivity contribution >= 4 is 43.0 Å². The molecular weight excluding hydrogens is 309 g/mol. The molecule has 0 aromatic heterocycles. The Hall–Kier alpha value is -0.908. The maximum absolute atomic E-state index is 10.2. The van der Waals surface area contributed by atoms with Crippen molar-refractivity contribution < 1.29 is 18.9 Å². The van der Waals surface area contributed by atoms with Crippen LogP contribution in [0.4, 0.5) is 0 Å². The van der Waals surface area contributed by atoms with Gasteiger partial charge in [-0.15, -0.1) is 0 Å². The van der Waals surface area contributed by atoms with Gasteiger partial charge in [-0.1, -0.05) is 45.5 Å². The Kier molecular flexibility index (Phi) is 11.3. The molecule has 0 aliphatic heterocycles. The van der Waals surface area contributed by atoms with E-state index in [4.69, 9.17) is 0 Å². The van der Waals surface area contributed by atoms with Crippen LogP contribution in [0, 0.1) is 0 Å². The van der Waals surface area contributed by atoms with E-state index in [0.29, 0.717) is 10.6 Å². The summed E-state index contributed by atoms with van der Waals surface area (Å²) in [4.78, 5) is 20.5. The van der Waals surface area contributed by atoms with Gasteiger partial charge in [-0.3, -0.25) is 0 Å². The Bertz CT molecular complexity index is 471. The zero-order chi connectivity index (χ0) is 15.4. The molecule has 100 valence electrons. The molecule has 0 saturated heterocycles. The van der Waals surface area contributed by atoms with Crippen molar-refractivity contribution in [1.29, 1.82) is 0 Å². The summed E-state index contributed by atoms with van der Waals surface area (Å²) in [6.45, 7) is 0. The molecule has 0 heterocycles. The average Bonchev–Trinajstić information content (AvgIpc) is 2.51. The molecule has 0 fully saturated rings. The van der Waals surface area contributed by atoms with Crippen LogP contribution in [-0.4, -0.2) is 16.3 Å². The Morgan fingerprint density at radius 2 is 0.950 bits per heavy atom. The molecule has 2 unspecified atom stereocenters. The van der Waals surface area contributed by atoms with E-state index < -0.39 is 16.1 Å². The number of hydrogen-bond donors (Lipinski definition) is 0. The zero-order valence-electron chi connectivity index (χ0n) is 10.9. The molecule has 0 bridgehead atoms. The van der Waals surface area contributed by atoms with Crippen LogP contribution in [0.1, 0.15) is 0 Å². The summed E-state index contributed by atoms with van der Waals surface area (Å²) in [5, 5.41) is 0.736. The number of rotatable bonds is 2. The van der Waals surface area contributed by atoms with Gasteiger partial charge in [0, 0.05) is 0 Å². The minimum absolute atomic E-state index is 0.368. The predicted octanol–water partition coefficient (Wildman–Crippen LogP) is 1.03. The fourth-order valence-corrected chi connectivity index (χ4v) is 1.93. The van der Waals surface area contributed by atoms with Gasteiger partial charge in [-0.2, -0.15) is 0 Å². The van der Waals surface area contributed by atoms with E-state index in [1.165, 1.54) is 0 Å². The first-order valence-electron chi connectivity index (χ1n) is 5.58. The Morgan fingerprint density at radius 1 is 0.700 bits per heavy atom. The fraction of sp³-hybridized carbons (Fsp3) is 0.0769. The van der Waals surface area contributed by atoms with Crippen molar-refractivity contribution in [2.75, 3.05) is 0 Å². The molecular formula is C13H13AlO4P2+2. The second-order valence-corrected chi connectivity index (χ2v) is 5.25. The van der Waals surface area contributed by atoms with Gasteiger partial charge in [0.1, 0.15) is 0 Å². The van der Waals surface area contributed by atoms with Gasteiger partial charge in [0.15, 0.2) is 10.6 Å². The minimum atomic E-state index is -2.40. The zero-order valence-corrected chi connectivity index (χ0v) is 13.8. The molecule has 0 spiro atoms. The number of hydrogen-bond acceptors (Lipinski definition) is 4. The number of benzene rings is 2. The molecule has 0 aliphatic carbocycles. The summed E-state index contributed by atoms with van der Waals surface area (Å²) in [5.74, 6) is 1.92. The van der Waals surface area contributed by atoms with Crippen LogP contribution < -0.4 is 20.4 Å². The van der Waals surface area contributed by atoms with Crippen molar-refractivity contribution in [3.63, 3.8) is 0 Å². The van der Waals surface area contributed by atoms with E-state index in [2.05, 4.69) is 16.3 Å². The van der Waals surface area contributed by atoms with E-state index in [0.717, 1.165) is 0 Å². The second-order valence-electron chi connectivity index (χ2n) is 3.19. The van der Waals surface area contributed by atoms with E-state index in [1.807, 2.05) is 5.79 Å². The van der Waals surface area contributed by atoms with E-state index in [1.54, 1.807) is 60.7 Å². The molecule has 4 nitrogen and oxygen atoms in total. The summed E-state index contributed by atoms with van der Waals surface area (Å²) in [6.07, 6.45) is 0. The molecule has 0 aliphatic rings. The molecule has 2 rings (SSSR count). The van der Waals surface area contributed by atoms with Crippen molar-refractivity contribution in [2.24, 2.45) is 0 Å². The quantitative estimate of drug-likeness (QED) is 0.611. The fourth-order valence-electron chi connectivity index (χ4n) is 1.10. The van der Waals surface area contributed by atoms with Crippen molar-refractivity contribution in [1.82, 2.24) is 0 Å². The van der Waals surface area contributed by atoms with Gasteiger partial charge >= 0.3 is 38.1 Å². The van der Waals surface area contributed by atoms with Gasteiger partial charge in [0.25, 0.3) is 0 Å². The summed E-state index contributed by atoms with van der Waals surface area (Å²) >= 11 is 2.42.